The number of pyridine rings is 1. The normalized spacial score (nSPS) is 23.6. The van der Waals surface area contributed by atoms with Gasteiger partial charge in [0.25, 0.3) is 5.91 Å². The minimum atomic E-state index is -1.45. The molecule has 11 heteroatoms. The van der Waals surface area contributed by atoms with Crippen LogP contribution in [0.15, 0.2) is 34.7 Å². The van der Waals surface area contributed by atoms with Crippen LogP contribution >= 0.6 is 0 Å². The molecule has 2 aromatic heterocycles. The lowest BCUT2D eigenvalue weighted by atomic mass is 9.82. The molecule has 3 aromatic rings. The highest BCUT2D eigenvalue weighted by Crippen LogP contribution is 2.40. The Bertz CT molecular complexity index is 1530. The van der Waals surface area contributed by atoms with Crippen molar-refractivity contribution < 1.29 is 27.9 Å². The fraction of sp³-hybridized carbons (Fsp3) is 0.429. The second kappa shape index (κ2) is 8.77. The fourth-order valence-corrected chi connectivity index (χ4v) is 6.14. The number of imide groups is 1. The molecule has 4 aliphatic rings. The van der Waals surface area contributed by atoms with Gasteiger partial charge in [0.2, 0.25) is 11.8 Å². The van der Waals surface area contributed by atoms with Crippen molar-refractivity contribution in [1.29, 1.82) is 0 Å². The largest absolute Gasteiger partial charge is 0.494 e. The molecule has 5 heterocycles. The summed E-state index contributed by atoms with van der Waals surface area (Å²) >= 11 is 0. The third-order valence-electron chi connectivity index (χ3n) is 8.42. The third kappa shape index (κ3) is 3.86. The smallest absolute Gasteiger partial charge is 0.257 e. The van der Waals surface area contributed by atoms with Gasteiger partial charge in [-0.05, 0) is 36.6 Å². The van der Waals surface area contributed by atoms with E-state index in [0.717, 1.165) is 38.0 Å². The van der Waals surface area contributed by atoms with E-state index in [-0.39, 0.29) is 36.6 Å². The number of carbonyl (C=O) groups excluding carboxylic acids is 3. The van der Waals surface area contributed by atoms with E-state index in [4.69, 9.17) is 14.1 Å². The molecule has 3 amide bonds. The van der Waals surface area contributed by atoms with Gasteiger partial charge in [0.15, 0.2) is 17.1 Å². The zero-order chi connectivity index (χ0) is 26.9. The number of fused-ring (bicyclic) bond motifs is 2. The molecule has 0 radical (unpaired) electrons. The van der Waals surface area contributed by atoms with E-state index in [1.165, 1.54) is 30.9 Å². The summed E-state index contributed by atoms with van der Waals surface area (Å²) in [5, 5.41) is 2.37. The van der Waals surface area contributed by atoms with Crippen LogP contribution in [-0.2, 0) is 21.5 Å². The molecule has 202 valence electrons. The number of nitrogens with zero attached hydrogens (tertiary/aromatic N) is 4. The summed E-state index contributed by atoms with van der Waals surface area (Å²) in [5.41, 5.74) is 0.0310. The first-order valence-corrected chi connectivity index (χ1v) is 13.3. The van der Waals surface area contributed by atoms with Gasteiger partial charge in [-0.1, -0.05) is 6.07 Å². The van der Waals surface area contributed by atoms with Crippen molar-refractivity contribution in [2.24, 2.45) is 0 Å². The Hall–Kier alpha value is -3.99. The number of hydrogen-bond donors (Lipinski definition) is 1. The molecule has 1 saturated carbocycles. The molecule has 1 aromatic carbocycles. The van der Waals surface area contributed by atoms with E-state index in [1.807, 2.05) is 12.1 Å². The second-order valence-electron chi connectivity index (χ2n) is 10.8. The number of benzene rings is 1. The highest BCUT2D eigenvalue weighted by Gasteiger charge is 2.53. The number of methoxy groups -OCH3 is 1. The van der Waals surface area contributed by atoms with E-state index in [1.54, 1.807) is 12.1 Å². The van der Waals surface area contributed by atoms with Crippen molar-refractivity contribution >= 4 is 34.6 Å². The van der Waals surface area contributed by atoms with Crippen LogP contribution in [0.1, 0.15) is 40.9 Å². The van der Waals surface area contributed by atoms with Gasteiger partial charge >= 0.3 is 0 Å². The maximum absolute atomic E-state index is 14.9. The molecule has 39 heavy (non-hydrogen) atoms. The summed E-state index contributed by atoms with van der Waals surface area (Å²) in [6, 6.07) is 9.28. The van der Waals surface area contributed by atoms with Crippen LogP contribution in [-0.4, -0.2) is 78.4 Å². The van der Waals surface area contributed by atoms with E-state index in [2.05, 4.69) is 15.1 Å². The molecule has 3 aliphatic heterocycles. The van der Waals surface area contributed by atoms with Crippen molar-refractivity contribution in [3.63, 3.8) is 0 Å². The van der Waals surface area contributed by atoms with Gasteiger partial charge in [-0.3, -0.25) is 24.6 Å². The Kier molecular flexibility index (Phi) is 5.41. The first-order valence-electron chi connectivity index (χ1n) is 13.3. The monoisotopic (exact) mass is 533 g/mol. The Morgan fingerprint density at radius 1 is 1.13 bits per heavy atom. The van der Waals surface area contributed by atoms with Crippen molar-refractivity contribution in [1.82, 2.24) is 20.1 Å². The van der Waals surface area contributed by atoms with Gasteiger partial charge in [-0.15, -0.1) is 0 Å². The number of carbonyl (C=O) groups is 3. The van der Waals surface area contributed by atoms with Crippen LogP contribution in [0.2, 0.25) is 0 Å². The minimum Gasteiger partial charge on any atom is -0.494 e. The molecule has 0 unspecified atom stereocenters. The SMILES string of the molecule is COc1ccc2c(c1F)C(=O)N(C[C@@]1(c3cc4nc(N5CCN(C6CC6)CC5)ccc4o3)CC(=O)NC1=O)C2. The summed E-state index contributed by atoms with van der Waals surface area (Å²) in [7, 11) is 1.33. The number of piperazine rings is 1. The number of furan rings is 1. The molecule has 10 nitrogen and oxygen atoms in total. The Morgan fingerprint density at radius 3 is 2.62 bits per heavy atom. The van der Waals surface area contributed by atoms with E-state index >= 15 is 0 Å². The first kappa shape index (κ1) is 24.1. The zero-order valence-corrected chi connectivity index (χ0v) is 21.5. The molecule has 0 bridgehead atoms. The van der Waals surface area contributed by atoms with Crippen molar-refractivity contribution in [3.8, 4) is 5.75 Å². The summed E-state index contributed by atoms with van der Waals surface area (Å²) in [4.78, 5) is 49.9. The first-order chi connectivity index (χ1) is 18.9. The number of nitrogens with one attached hydrogen (secondary N) is 1. The topological polar surface area (TPSA) is 108 Å². The van der Waals surface area contributed by atoms with Crippen LogP contribution in [0.4, 0.5) is 10.2 Å². The molecule has 7 rings (SSSR count). The van der Waals surface area contributed by atoms with Gasteiger partial charge in [-0.2, -0.15) is 0 Å². The van der Waals surface area contributed by atoms with Gasteiger partial charge in [0.1, 0.15) is 22.5 Å². The maximum atomic E-state index is 14.9. The van der Waals surface area contributed by atoms with Gasteiger partial charge in [0, 0.05) is 51.4 Å². The molecule has 0 spiro atoms. The summed E-state index contributed by atoms with van der Waals surface area (Å²) in [6.07, 6.45) is 2.39. The third-order valence-corrected chi connectivity index (χ3v) is 8.42. The predicted octanol–water partition coefficient (Wildman–Crippen LogP) is 2.20. The number of anilines is 1. The molecule has 3 fully saturated rings. The average Bonchev–Trinajstić information content (AvgIpc) is 3.52. The number of hydrogen-bond acceptors (Lipinski definition) is 8. The van der Waals surface area contributed by atoms with Gasteiger partial charge in [0.05, 0.1) is 19.1 Å². The number of ether oxygens (including phenoxy) is 1. The molecule has 1 atom stereocenters. The van der Waals surface area contributed by atoms with Crippen LogP contribution in [0, 0.1) is 5.82 Å². The highest BCUT2D eigenvalue weighted by molar-refractivity contribution is 6.10. The number of rotatable bonds is 6. The quantitative estimate of drug-likeness (QED) is 0.481. The van der Waals surface area contributed by atoms with Crippen LogP contribution in [0.25, 0.3) is 11.1 Å². The van der Waals surface area contributed by atoms with Crippen LogP contribution in [0.3, 0.4) is 0 Å². The van der Waals surface area contributed by atoms with Crippen LogP contribution < -0.4 is 15.0 Å². The van der Waals surface area contributed by atoms with Crippen LogP contribution in [0.5, 0.6) is 5.75 Å². The number of halogens is 1. The molecule has 1 aliphatic carbocycles. The molecule has 1 N–H and O–H groups in total. The Balaban J connectivity index is 1.19. The van der Waals surface area contributed by atoms with E-state index < -0.39 is 29.0 Å². The standard InChI is InChI=1S/C28H28FN5O5/c1-38-20-5-2-16-14-34(26(36)24(16)25(20)29)15-28(13-23(35)31-27(28)37)21-12-18-19(39-21)6-7-22(30-18)33-10-8-32(9-11-33)17-3-4-17/h2,5-7,12,17H,3-4,8-11,13-15H2,1H3,(H,31,35,37)/t28-/m1/s1. The number of aromatic nitrogens is 1. The van der Waals surface area contributed by atoms with Crippen molar-refractivity contribution in [2.45, 2.75) is 37.3 Å². The summed E-state index contributed by atoms with van der Waals surface area (Å²) < 4.78 is 26.1. The molecular formula is C28H28FN5O5. The lowest BCUT2D eigenvalue weighted by Gasteiger charge is -2.35. The maximum Gasteiger partial charge on any atom is 0.257 e. The average molecular weight is 534 g/mol. The fourth-order valence-electron chi connectivity index (χ4n) is 6.14. The van der Waals surface area contributed by atoms with E-state index in [9.17, 15) is 18.8 Å². The lowest BCUT2D eigenvalue weighted by Crippen LogP contribution is -2.47. The van der Waals surface area contributed by atoms with E-state index in [0.29, 0.717) is 16.7 Å². The zero-order valence-electron chi connectivity index (χ0n) is 21.5. The highest BCUT2D eigenvalue weighted by atomic mass is 19.1. The summed E-state index contributed by atoms with van der Waals surface area (Å²) in [5.74, 6) is -1.24. The molecular weight excluding hydrogens is 505 g/mol. The van der Waals surface area contributed by atoms with Gasteiger partial charge in [-0.25, -0.2) is 9.37 Å². The summed E-state index contributed by atoms with van der Waals surface area (Å²) in [6.45, 7) is 3.75. The lowest BCUT2D eigenvalue weighted by molar-refractivity contribution is -0.127. The van der Waals surface area contributed by atoms with Gasteiger partial charge < -0.3 is 19.0 Å². The minimum absolute atomic E-state index is 0.0273. The number of amides is 3. The Labute approximate surface area is 223 Å². The predicted molar refractivity (Wildman–Crippen MR) is 138 cm³/mol. The Morgan fingerprint density at radius 2 is 1.92 bits per heavy atom. The van der Waals surface area contributed by atoms with Crippen molar-refractivity contribution in [2.75, 3.05) is 44.7 Å². The second-order valence-corrected chi connectivity index (χ2v) is 10.8. The van der Waals surface area contributed by atoms with Crippen molar-refractivity contribution in [3.05, 3.63) is 53.0 Å². The molecule has 2 saturated heterocycles.